The Kier molecular flexibility index (Phi) is 5.30. The third-order valence-electron chi connectivity index (χ3n) is 3.54. The summed E-state index contributed by atoms with van der Waals surface area (Å²) in [7, 11) is 1.59. The lowest BCUT2D eigenvalue weighted by Crippen LogP contribution is -2.40. The first kappa shape index (κ1) is 15.5. The molecule has 1 aliphatic heterocycles. The van der Waals surface area contributed by atoms with E-state index in [-0.39, 0.29) is 5.91 Å². The Morgan fingerprint density at radius 2 is 2.19 bits per heavy atom. The molecule has 1 aliphatic rings. The molecule has 0 aliphatic carbocycles. The van der Waals surface area contributed by atoms with Gasteiger partial charge in [0.15, 0.2) is 0 Å². The van der Waals surface area contributed by atoms with Gasteiger partial charge < -0.3 is 15.2 Å². The van der Waals surface area contributed by atoms with Gasteiger partial charge in [0, 0.05) is 26.7 Å². The molecule has 1 amide bonds. The van der Waals surface area contributed by atoms with Gasteiger partial charge in [-0.05, 0) is 29.7 Å². The average Bonchev–Trinajstić information content (AvgIpc) is 2.46. The van der Waals surface area contributed by atoms with E-state index in [2.05, 4.69) is 5.32 Å². The smallest absolute Gasteiger partial charge is 0.335 e. The average molecular weight is 292 g/mol. The van der Waals surface area contributed by atoms with Crippen LogP contribution >= 0.6 is 0 Å². The SMILES string of the molecule is COCCNC(=O)CN1CCc2ccc(C(=O)O)cc2C1. The van der Waals surface area contributed by atoms with E-state index in [0.717, 1.165) is 24.1 Å². The predicted molar refractivity (Wildman–Crippen MR) is 77.3 cm³/mol. The quantitative estimate of drug-likeness (QED) is 0.747. The lowest BCUT2D eigenvalue weighted by atomic mass is 9.97. The van der Waals surface area contributed by atoms with Crippen molar-refractivity contribution in [3.8, 4) is 0 Å². The number of aromatic carboxylic acids is 1. The summed E-state index contributed by atoms with van der Waals surface area (Å²) in [6.45, 7) is 2.73. The summed E-state index contributed by atoms with van der Waals surface area (Å²) in [5, 5.41) is 11.8. The zero-order valence-electron chi connectivity index (χ0n) is 12.1. The minimum Gasteiger partial charge on any atom is -0.478 e. The Morgan fingerprint density at radius 3 is 2.90 bits per heavy atom. The molecule has 2 N–H and O–H groups in total. The molecule has 0 radical (unpaired) electrons. The van der Waals surface area contributed by atoms with Crippen LogP contribution in [0.15, 0.2) is 18.2 Å². The zero-order chi connectivity index (χ0) is 15.2. The molecule has 114 valence electrons. The van der Waals surface area contributed by atoms with Gasteiger partial charge in [-0.2, -0.15) is 0 Å². The number of carbonyl (C=O) groups excluding carboxylic acids is 1. The van der Waals surface area contributed by atoms with Gasteiger partial charge in [-0.3, -0.25) is 9.69 Å². The highest BCUT2D eigenvalue weighted by molar-refractivity contribution is 5.88. The molecule has 0 saturated heterocycles. The Labute approximate surface area is 123 Å². The number of rotatable bonds is 6. The second-order valence-corrected chi connectivity index (χ2v) is 5.09. The molecule has 0 saturated carbocycles. The predicted octanol–water partition coefficient (Wildman–Crippen LogP) is 0.506. The van der Waals surface area contributed by atoms with Crippen molar-refractivity contribution in [2.75, 3.05) is 33.4 Å². The van der Waals surface area contributed by atoms with Crippen LogP contribution in [0.3, 0.4) is 0 Å². The molecule has 21 heavy (non-hydrogen) atoms. The van der Waals surface area contributed by atoms with E-state index in [1.165, 1.54) is 0 Å². The minimum absolute atomic E-state index is 0.0371. The van der Waals surface area contributed by atoms with E-state index in [9.17, 15) is 9.59 Å². The minimum atomic E-state index is -0.924. The van der Waals surface area contributed by atoms with E-state index < -0.39 is 5.97 Å². The maximum absolute atomic E-state index is 11.8. The molecule has 0 bridgehead atoms. The molecular formula is C15H20N2O4. The standard InChI is InChI=1S/C15H20N2O4/c1-21-7-5-16-14(18)10-17-6-4-11-2-3-12(15(19)20)8-13(11)9-17/h2-3,8H,4-7,9-10H2,1H3,(H,16,18)(H,19,20). The van der Waals surface area contributed by atoms with Crippen molar-refractivity contribution in [3.05, 3.63) is 34.9 Å². The Hall–Kier alpha value is -1.92. The number of methoxy groups -OCH3 is 1. The second-order valence-electron chi connectivity index (χ2n) is 5.09. The van der Waals surface area contributed by atoms with Crippen molar-refractivity contribution in [1.29, 1.82) is 0 Å². The van der Waals surface area contributed by atoms with Crippen LogP contribution in [0.25, 0.3) is 0 Å². The van der Waals surface area contributed by atoms with Crippen molar-refractivity contribution >= 4 is 11.9 Å². The van der Waals surface area contributed by atoms with Crippen molar-refractivity contribution in [3.63, 3.8) is 0 Å². The summed E-state index contributed by atoms with van der Waals surface area (Å²) in [4.78, 5) is 24.8. The number of hydrogen-bond donors (Lipinski definition) is 2. The molecule has 1 aromatic rings. The number of hydrogen-bond acceptors (Lipinski definition) is 4. The van der Waals surface area contributed by atoms with Crippen molar-refractivity contribution in [2.24, 2.45) is 0 Å². The fourth-order valence-electron chi connectivity index (χ4n) is 2.44. The van der Waals surface area contributed by atoms with Crippen LogP contribution in [0.2, 0.25) is 0 Å². The zero-order valence-corrected chi connectivity index (χ0v) is 12.1. The van der Waals surface area contributed by atoms with E-state index in [1.54, 1.807) is 19.2 Å². The lowest BCUT2D eigenvalue weighted by Gasteiger charge is -2.28. The molecule has 0 aromatic heterocycles. The topological polar surface area (TPSA) is 78.9 Å². The highest BCUT2D eigenvalue weighted by Gasteiger charge is 2.19. The number of fused-ring (bicyclic) bond motifs is 1. The maximum Gasteiger partial charge on any atom is 0.335 e. The van der Waals surface area contributed by atoms with Gasteiger partial charge in [-0.1, -0.05) is 6.07 Å². The van der Waals surface area contributed by atoms with Gasteiger partial charge in [0.25, 0.3) is 0 Å². The van der Waals surface area contributed by atoms with Crippen molar-refractivity contribution in [1.82, 2.24) is 10.2 Å². The van der Waals surface area contributed by atoms with Gasteiger partial charge >= 0.3 is 5.97 Å². The van der Waals surface area contributed by atoms with Crippen LogP contribution in [-0.4, -0.2) is 55.2 Å². The first-order chi connectivity index (χ1) is 10.1. The molecule has 0 unspecified atom stereocenters. The number of amides is 1. The number of nitrogens with one attached hydrogen (secondary N) is 1. The lowest BCUT2D eigenvalue weighted by molar-refractivity contribution is -0.122. The van der Waals surface area contributed by atoms with Gasteiger partial charge in [0.2, 0.25) is 5.91 Å². The normalized spacial score (nSPS) is 14.5. The summed E-state index contributed by atoms with van der Waals surface area (Å²) in [5.41, 5.74) is 2.45. The highest BCUT2D eigenvalue weighted by atomic mass is 16.5. The van der Waals surface area contributed by atoms with E-state index in [0.29, 0.717) is 31.8 Å². The molecule has 6 nitrogen and oxygen atoms in total. The number of carbonyl (C=O) groups is 2. The largest absolute Gasteiger partial charge is 0.478 e. The van der Waals surface area contributed by atoms with Crippen LogP contribution in [0, 0.1) is 0 Å². The molecular weight excluding hydrogens is 272 g/mol. The maximum atomic E-state index is 11.8. The fourth-order valence-corrected chi connectivity index (χ4v) is 2.44. The van der Waals surface area contributed by atoms with Crippen LogP contribution < -0.4 is 5.32 Å². The number of benzene rings is 1. The Bertz CT molecular complexity index is 530. The van der Waals surface area contributed by atoms with Crippen LogP contribution in [0.1, 0.15) is 21.5 Å². The highest BCUT2D eigenvalue weighted by Crippen LogP contribution is 2.20. The number of nitrogens with zero attached hydrogens (tertiary/aromatic N) is 1. The van der Waals surface area contributed by atoms with Gasteiger partial charge in [-0.25, -0.2) is 4.79 Å². The molecule has 0 fully saturated rings. The van der Waals surface area contributed by atoms with Crippen LogP contribution in [0.4, 0.5) is 0 Å². The number of ether oxygens (including phenoxy) is 1. The summed E-state index contributed by atoms with van der Waals surface area (Å²) in [6.07, 6.45) is 0.834. The molecule has 1 aromatic carbocycles. The molecule has 6 heteroatoms. The molecule has 0 spiro atoms. The summed E-state index contributed by atoms with van der Waals surface area (Å²) in [5.74, 6) is -0.961. The van der Waals surface area contributed by atoms with Crippen LogP contribution in [0.5, 0.6) is 0 Å². The third-order valence-corrected chi connectivity index (χ3v) is 3.54. The van der Waals surface area contributed by atoms with E-state index >= 15 is 0 Å². The molecule has 1 heterocycles. The van der Waals surface area contributed by atoms with E-state index in [1.807, 2.05) is 11.0 Å². The fraction of sp³-hybridized carbons (Fsp3) is 0.467. The monoisotopic (exact) mass is 292 g/mol. The van der Waals surface area contributed by atoms with Gasteiger partial charge in [-0.15, -0.1) is 0 Å². The third kappa shape index (κ3) is 4.27. The summed E-state index contributed by atoms with van der Waals surface area (Å²) in [6, 6.07) is 5.20. The molecule has 2 rings (SSSR count). The van der Waals surface area contributed by atoms with Crippen molar-refractivity contribution in [2.45, 2.75) is 13.0 Å². The van der Waals surface area contributed by atoms with Crippen molar-refractivity contribution < 1.29 is 19.4 Å². The number of carboxylic acids is 1. The van der Waals surface area contributed by atoms with Gasteiger partial charge in [0.1, 0.15) is 0 Å². The first-order valence-corrected chi connectivity index (χ1v) is 6.93. The first-order valence-electron chi connectivity index (χ1n) is 6.93. The molecule has 0 atom stereocenters. The summed E-state index contributed by atoms with van der Waals surface area (Å²) >= 11 is 0. The Balaban J connectivity index is 1.93. The van der Waals surface area contributed by atoms with Gasteiger partial charge in [0.05, 0.1) is 18.7 Å². The Morgan fingerprint density at radius 1 is 1.38 bits per heavy atom. The van der Waals surface area contributed by atoms with Crippen LogP contribution in [-0.2, 0) is 22.5 Å². The number of carboxylic acid groups (broad SMARTS) is 1. The second kappa shape index (κ2) is 7.19. The van der Waals surface area contributed by atoms with E-state index in [4.69, 9.17) is 9.84 Å². The summed E-state index contributed by atoms with van der Waals surface area (Å²) < 4.78 is 4.88.